The van der Waals surface area contributed by atoms with Gasteiger partial charge in [-0.2, -0.15) is 13.2 Å². The lowest BCUT2D eigenvalue weighted by Gasteiger charge is -2.11. The molecule has 1 aliphatic rings. The number of aromatic nitrogens is 2. The highest BCUT2D eigenvalue weighted by molar-refractivity contribution is 9.10. The molecule has 0 atom stereocenters. The van der Waals surface area contributed by atoms with Gasteiger partial charge in [0.25, 0.3) is 0 Å². The van der Waals surface area contributed by atoms with Crippen molar-refractivity contribution in [2.45, 2.75) is 31.4 Å². The van der Waals surface area contributed by atoms with Crippen LogP contribution in [0.2, 0.25) is 0 Å². The summed E-state index contributed by atoms with van der Waals surface area (Å²) in [6, 6.07) is 0. The highest BCUT2D eigenvalue weighted by Crippen LogP contribution is 2.43. The van der Waals surface area contributed by atoms with Crippen LogP contribution in [0.15, 0.2) is 4.47 Å². The zero-order chi connectivity index (χ0) is 12.6. The maximum Gasteiger partial charge on any atom is 0.396 e. The van der Waals surface area contributed by atoms with Gasteiger partial charge in [-0.3, -0.25) is 0 Å². The molecule has 1 aliphatic carbocycles. The lowest BCUT2D eigenvalue weighted by Crippen LogP contribution is -2.16. The molecule has 1 N–H and O–H groups in total. The van der Waals surface area contributed by atoms with Crippen LogP contribution in [0.4, 0.5) is 19.0 Å². The molecule has 0 saturated heterocycles. The molecule has 7 heteroatoms. The number of halogens is 4. The first-order valence-electron chi connectivity index (χ1n) is 5.21. The largest absolute Gasteiger partial charge is 0.396 e. The molecule has 0 aromatic carbocycles. The Labute approximate surface area is 105 Å². The number of alkyl halides is 3. The molecule has 3 nitrogen and oxygen atoms in total. The molecule has 1 heterocycles. The molecule has 1 aromatic heterocycles. The number of nitrogens with zero attached hydrogens (tertiary/aromatic N) is 2. The van der Waals surface area contributed by atoms with Gasteiger partial charge in [-0.05, 0) is 28.8 Å². The predicted octanol–water partition coefficient (Wildman–Crippen LogP) is 3.26. The quantitative estimate of drug-likeness (QED) is 0.931. The zero-order valence-electron chi connectivity index (χ0n) is 9.10. The average Bonchev–Trinajstić information content (AvgIpc) is 3.01. The molecule has 1 fully saturated rings. The fraction of sp³-hybridized carbons (Fsp3) is 0.600. The smallest absolute Gasteiger partial charge is 0.372 e. The second kappa shape index (κ2) is 4.44. The molecule has 0 spiro atoms. The van der Waals surface area contributed by atoms with E-state index in [2.05, 4.69) is 31.2 Å². The topological polar surface area (TPSA) is 37.8 Å². The standard InChI is InChI=1S/C10H11BrF3N3/c1-15-9-7(11)8(5-2-3-5)16-6(17-9)4-10(12,13)14/h5H,2-4H2,1H3,(H,15,16,17). The minimum atomic E-state index is -4.28. The Kier molecular flexibility index (Phi) is 3.29. The van der Waals surface area contributed by atoms with Crippen LogP contribution in [-0.4, -0.2) is 23.2 Å². The molecule has 0 aliphatic heterocycles. The highest BCUT2D eigenvalue weighted by atomic mass is 79.9. The van der Waals surface area contributed by atoms with Crippen LogP contribution < -0.4 is 5.32 Å². The summed E-state index contributed by atoms with van der Waals surface area (Å²) in [6.45, 7) is 0. The van der Waals surface area contributed by atoms with E-state index in [0.29, 0.717) is 16.0 Å². The third kappa shape index (κ3) is 3.08. The predicted molar refractivity (Wildman–Crippen MR) is 61.0 cm³/mol. The normalized spacial score (nSPS) is 16.1. The maximum atomic E-state index is 12.3. The Morgan fingerprint density at radius 1 is 1.35 bits per heavy atom. The highest BCUT2D eigenvalue weighted by Gasteiger charge is 2.33. The summed E-state index contributed by atoms with van der Waals surface area (Å²) in [6.07, 6.45) is -3.41. The van der Waals surface area contributed by atoms with Gasteiger partial charge >= 0.3 is 6.18 Å². The molecular weight excluding hydrogens is 299 g/mol. The van der Waals surface area contributed by atoms with Gasteiger partial charge in [-0.15, -0.1) is 0 Å². The number of rotatable bonds is 3. The summed E-state index contributed by atoms with van der Waals surface area (Å²) in [5, 5.41) is 2.78. The van der Waals surface area contributed by atoms with Gasteiger partial charge < -0.3 is 5.32 Å². The number of hydrogen-bond donors (Lipinski definition) is 1. The molecule has 2 rings (SSSR count). The molecule has 0 bridgehead atoms. The van der Waals surface area contributed by atoms with Crippen molar-refractivity contribution in [3.05, 3.63) is 16.0 Å². The van der Waals surface area contributed by atoms with Crippen LogP contribution in [0.1, 0.15) is 30.3 Å². The fourth-order valence-corrected chi connectivity index (χ4v) is 2.26. The number of hydrogen-bond acceptors (Lipinski definition) is 3. The van der Waals surface area contributed by atoms with Crippen molar-refractivity contribution in [2.24, 2.45) is 0 Å². The van der Waals surface area contributed by atoms with E-state index in [1.165, 1.54) is 0 Å². The van der Waals surface area contributed by atoms with Crippen molar-refractivity contribution in [3.63, 3.8) is 0 Å². The van der Waals surface area contributed by atoms with Gasteiger partial charge in [0.15, 0.2) is 0 Å². The number of anilines is 1. The van der Waals surface area contributed by atoms with Crippen molar-refractivity contribution < 1.29 is 13.2 Å². The minimum Gasteiger partial charge on any atom is -0.372 e. The van der Waals surface area contributed by atoms with E-state index in [1.54, 1.807) is 7.05 Å². The molecule has 94 valence electrons. The molecule has 1 aromatic rings. The van der Waals surface area contributed by atoms with E-state index in [9.17, 15) is 13.2 Å². The third-order valence-electron chi connectivity index (χ3n) is 2.48. The average molecular weight is 310 g/mol. The maximum absolute atomic E-state index is 12.3. The van der Waals surface area contributed by atoms with E-state index in [1.807, 2.05) is 0 Å². The van der Waals surface area contributed by atoms with Gasteiger partial charge in [0.05, 0.1) is 10.2 Å². The van der Waals surface area contributed by atoms with Gasteiger partial charge in [-0.1, -0.05) is 0 Å². The molecular formula is C10H11BrF3N3. The number of nitrogens with one attached hydrogen (secondary N) is 1. The van der Waals surface area contributed by atoms with Gasteiger partial charge in [0.2, 0.25) is 0 Å². The molecule has 1 saturated carbocycles. The second-order valence-corrected chi connectivity index (χ2v) is 4.80. The summed E-state index contributed by atoms with van der Waals surface area (Å²) in [5.74, 6) is 0.513. The first-order valence-corrected chi connectivity index (χ1v) is 6.01. The summed E-state index contributed by atoms with van der Waals surface area (Å²) in [4.78, 5) is 7.87. The van der Waals surface area contributed by atoms with Crippen LogP contribution in [0.3, 0.4) is 0 Å². The van der Waals surface area contributed by atoms with Crippen molar-refractivity contribution in [2.75, 3.05) is 12.4 Å². The molecule has 0 radical (unpaired) electrons. The van der Waals surface area contributed by atoms with Crippen LogP contribution in [0.25, 0.3) is 0 Å². The third-order valence-corrected chi connectivity index (χ3v) is 3.26. The van der Waals surface area contributed by atoms with E-state index >= 15 is 0 Å². The minimum absolute atomic E-state index is 0.174. The SMILES string of the molecule is CNc1nc(CC(F)(F)F)nc(C2CC2)c1Br. The Balaban J connectivity index is 2.36. The Morgan fingerprint density at radius 3 is 2.47 bits per heavy atom. The fourth-order valence-electron chi connectivity index (χ4n) is 1.56. The molecule has 0 amide bonds. The van der Waals surface area contributed by atoms with Crippen molar-refractivity contribution in [3.8, 4) is 0 Å². The summed E-state index contributed by atoms with van der Waals surface area (Å²) < 4.78 is 37.6. The summed E-state index contributed by atoms with van der Waals surface area (Å²) in [7, 11) is 1.63. The van der Waals surface area contributed by atoms with Gasteiger partial charge in [-0.25, -0.2) is 9.97 Å². The van der Waals surface area contributed by atoms with Crippen molar-refractivity contribution >= 4 is 21.7 Å². The second-order valence-electron chi connectivity index (χ2n) is 4.00. The Bertz CT molecular complexity index is 430. The van der Waals surface area contributed by atoms with Gasteiger partial charge in [0.1, 0.15) is 18.1 Å². The van der Waals surface area contributed by atoms with E-state index in [-0.39, 0.29) is 11.7 Å². The lowest BCUT2D eigenvalue weighted by atomic mass is 10.2. The van der Waals surface area contributed by atoms with Crippen molar-refractivity contribution in [1.82, 2.24) is 9.97 Å². The summed E-state index contributed by atoms with van der Waals surface area (Å²) in [5.41, 5.74) is 0.684. The molecule has 0 unspecified atom stereocenters. The molecule has 17 heavy (non-hydrogen) atoms. The van der Waals surface area contributed by atoms with E-state index in [4.69, 9.17) is 0 Å². The first-order chi connectivity index (χ1) is 7.90. The lowest BCUT2D eigenvalue weighted by molar-refractivity contribution is -0.128. The van der Waals surface area contributed by atoms with E-state index < -0.39 is 12.6 Å². The Morgan fingerprint density at radius 2 is 2.00 bits per heavy atom. The Hall–Kier alpha value is -0.850. The first kappa shape index (κ1) is 12.6. The monoisotopic (exact) mass is 309 g/mol. The van der Waals surface area contributed by atoms with Crippen LogP contribution in [0, 0.1) is 0 Å². The van der Waals surface area contributed by atoms with Crippen LogP contribution in [-0.2, 0) is 6.42 Å². The zero-order valence-corrected chi connectivity index (χ0v) is 10.7. The van der Waals surface area contributed by atoms with E-state index in [0.717, 1.165) is 12.8 Å². The van der Waals surface area contributed by atoms with Crippen LogP contribution in [0.5, 0.6) is 0 Å². The van der Waals surface area contributed by atoms with Crippen molar-refractivity contribution in [1.29, 1.82) is 0 Å². The summed E-state index contributed by atoms with van der Waals surface area (Å²) >= 11 is 3.33. The van der Waals surface area contributed by atoms with Crippen LogP contribution >= 0.6 is 15.9 Å². The van der Waals surface area contributed by atoms with Gasteiger partial charge in [0, 0.05) is 13.0 Å².